The van der Waals surface area contributed by atoms with Crippen LogP contribution in [0.25, 0.3) is 38.7 Å². The number of allylic oxidation sites excluding steroid dienone is 2. The molecule has 410 valence electrons. The van der Waals surface area contributed by atoms with Crippen molar-refractivity contribution in [3.05, 3.63) is 110 Å². The van der Waals surface area contributed by atoms with E-state index in [0.717, 1.165) is 19.6 Å². The average Bonchev–Trinajstić information content (AvgIpc) is 3.81. The van der Waals surface area contributed by atoms with Gasteiger partial charge in [-0.05, 0) is 43.5 Å². The zero-order chi connectivity index (χ0) is 55.8. The lowest BCUT2D eigenvalue weighted by Crippen LogP contribution is -2.47. The molecule has 0 spiro atoms. The summed E-state index contributed by atoms with van der Waals surface area (Å²) in [5.41, 5.74) is -1.09. The molecule has 9 rings (SSSR count). The second-order valence-electron chi connectivity index (χ2n) is 20.9. The minimum Gasteiger partial charge on any atom is -0.507 e. The van der Waals surface area contributed by atoms with Gasteiger partial charge in [-0.1, -0.05) is 59.8 Å². The number of phenols is 1. The Bertz CT molecular complexity index is 3370. The first-order valence-corrected chi connectivity index (χ1v) is 25.7. The van der Waals surface area contributed by atoms with E-state index >= 15 is 0 Å². The summed E-state index contributed by atoms with van der Waals surface area (Å²) in [5.74, 6) is -9.52. The fourth-order valence-corrected chi connectivity index (χ4v) is 10.4. The number of methoxy groups -OCH3 is 1. The lowest BCUT2D eigenvalue weighted by atomic mass is 9.78. The van der Waals surface area contributed by atoms with Crippen LogP contribution in [-0.4, -0.2) is 123 Å². The van der Waals surface area contributed by atoms with Crippen molar-refractivity contribution in [1.82, 2.24) is 14.9 Å². The molecule has 5 N–H and O–H groups in total. The van der Waals surface area contributed by atoms with Crippen LogP contribution in [0, 0.1) is 36.5 Å². The van der Waals surface area contributed by atoms with Crippen LogP contribution in [0.15, 0.2) is 86.8 Å². The van der Waals surface area contributed by atoms with Gasteiger partial charge in [-0.25, -0.2) is 14.6 Å². The van der Waals surface area contributed by atoms with Crippen molar-refractivity contribution in [2.45, 2.75) is 99.1 Å². The highest BCUT2D eigenvalue weighted by Gasteiger charge is 2.45. The number of carbonyl (C=O) groups is 3. The predicted octanol–water partition coefficient (Wildman–Crippen LogP) is 5.46. The van der Waals surface area contributed by atoms with Gasteiger partial charge in [-0.2, -0.15) is 0 Å². The molecule has 20 heteroatoms. The monoisotopic (exact) mass is 1060 g/mol. The molecule has 4 aliphatic heterocycles. The molecule has 9 atom stereocenters. The van der Waals surface area contributed by atoms with E-state index in [-0.39, 0.29) is 61.7 Å². The van der Waals surface area contributed by atoms with E-state index in [1.807, 2.05) is 0 Å². The number of carbonyl (C=O) groups excluding carboxylic acids is 3. The van der Waals surface area contributed by atoms with Crippen LogP contribution < -0.4 is 31.0 Å². The number of hydrogen-bond donors (Lipinski definition) is 5. The quantitative estimate of drug-likeness (QED) is 0.0586. The number of aliphatic hydroxyl groups excluding tert-OH is 3. The Labute approximate surface area is 444 Å². The number of ether oxygens (including phenoxy) is 5. The highest BCUT2D eigenvalue weighted by molar-refractivity contribution is 6.29. The number of rotatable bonds is 7. The van der Waals surface area contributed by atoms with Crippen molar-refractivity contribution in [2.24, 2.45) is 29.6 Å². The third-order valence-electron chi connectivity index (χ3n) is 15.0. The fraction of sp³-hybridized carbons (Fsp3) is 0.456. The molecule has 5 bridgehead atoms. The normalized spacial score (nSPS) is 27.3. The molecule has 1 fully saturated rings. The number of hydrogen-bond acceptors (Lipinski definition) is 19. The SMILES string of the molecule is COC1/C=C/OC2(C)Oc3c(C)c(O)c4c(=O)c(c5oc6cc(N7CCN(CC(C)C)CC7)cc(=O)c6nc5c4c3=C2O)NC(=O)/C(C)=C\C=C\C(C)C(O)C(C)C(O)C(C)C(OC(=O)C(=O)OCc2ccncc2)C1C. The summed E-state index contributed by atoms with van der Waals surface area (Å²) in [7, 11) is 1.37. The van der Waals surface area contributed by atoms with Crippen molar-refractivity contribution < 1.29 is 62.9 Å². The van der Waals surface area contributed by atoms with Gasteiger partial charge in [0.25, 0.3) is 5.91 Å². The first-order chi connectivity index (χ1) is 36.5. The van der Waals surface area contributed by atoms with E-state index in [1.54, 1.807) is 52.0 Å². The van der Waals surface area contributed by atoms with Gasteiger partial charge in [-0.15, -0.1) is 0 Å². The molecular formula is C57H67N5O15. The number of aliphatic hydroxyl groups is 3. The minimum atomic E-state index is -2.07. The Morgan fingerprint density at radius 1 is 0.909 bits per heavy atom. The van der Waals surface area contributed by atoms with Crippen LogP contribution in [0.2, 0.25) is 0 Å². The molecular weight excluding hydrogens is 995 g/mol. The highest BCUT2D eigenvalue weighted by atomic mass is 16.7. The summed E-state index contributed by atoms with van der Waals surface area (Å²) in [4.78, 5) is 83.0. The molecule has 6 heterocycles. The first-order valence-electron chi connectivity index (χ1n) is 25.7. The van der Waals surface area contributed by atoms with E-state index in [9.17, 15) is 44.4 Å². The molecule has 5 aromatic rings. The molecule has 1 amide bonds. The third kappa shape index (κ3) is 11.1. The average molecular weight is 1060 g/mol. The number of amides is 1. The Morgan fingerprint density at radius 3 is 2.29 bits per heavy atom. The molecule has 77 heavy (non-hydrogen) atoms. The number of pyridine rings is 1. The Kier molecular flexibility index (Phi) is 16.4. The van der Waals surface area contributed by atoms with Crippen LogP contribution >= 0.6 is 0 Å². The second-order valence-corrected chi connectivity index (χ2v) is 20.9. The summed E-state index contributed by atoms with van der Waals surface area (Å²) < 4.78 is 36.0. The predicted molar refractivity (Wildman–Crippen MR) is 287 cm³/mol. The van der Waals surface area contributed by atoms with Crippen LogP contribution in [0.1, 0.15) is 66.5 Å². The van der Waals surface area contributed by atoms with Gasteiger partial charge in [0.2, 0.25) is 10.9 Å². The van der Waals surface area contributed by atoms with Gasteiger partial charge in [0.15, 0.2) is 22.4 Å². The number of fused-ring (bicyclic) bond motifs is 14. The Balaban J connectivity index is 1.26. The largest absolute Gasteiger partial charge is 0.507 e. The van der Waals surface area contributed by atoms with Crippen LogP contribution in [0.3, 0.4) is 0 Å². The van der Waals surface area contributed by atoms with Gasteiger partial charge in [0, 0.05) is 117 Å². The maximum absolute atomic E-state index is 15.0. The molecule has 3 aromatic carbocycles. The lowest BCUT2D eigenvalue weighted by Gasteiger charge is -2.38. The fourth-order valence-electron chi connectivity index (χ4n) is 10.4. The number of phenolic OH excluding ortho intramolecular Hbond substituents is 1. The van der Waals surface area contributed by atoms with E-state index in [4.69, 9.17) is 33.1 Å². The summed E-state index contributed by atoms with van der Waals surface area (Å²) in [6, 6.07) is 6.34. The van der Waals surface area contributed by atoms with Gasteiger partial charge in [-0.3, -0.25) is 24.3 Å². The van der Waals surface area contributed by atoms with E-state index in [2.05, 4.69) is 33.9 Å². The molecule has 4 aliphatic rings. The van der Waals surface area contributed by atoms with E-state index in [1.165, 1.54) is 70.8 Å². The van der Waals surface area contributed by atoms with Gasteiger partial charge in [0.1, 0.15) is 35.4 Å². The summed E-state index contributed by atoms with van der Waals surface area (Å²) >= 11 is 0. The van der Waals surface area contributed by atoms with E-state index < -0.39 is 99.8 Å². The maximum Gasteiger partial charge on any atom is 0.417 e. The molecule has 0 aliphatic carbocycles. The summed E-state index contributed by atoms with van der Waals surface area (Å²) in [6.45, 7) is 18.7. The number of anilines is 2. The Hall–Kier alpha value is -7.39. The molecule has 20 nitrogen and oxygen atoms in total. The van der Waals surface area contributed by atoms with Crippen molar-refractivity contribution >= 4 is 68.0 Å². The molecule has 9 unspecified atom stereocenters. The number of aromatic nitrogens is 2. The lowest BCUT2D eigenvalue weighted by molar-refractivity contribution is -0.180. The van der Waals surface area contributed by atoms with Gasteiger partial charge in [0.05, 0.1) is 35.2 Å². The summed E-state index contributed by atoms with van der Waals surface area (Å²) in [5, 5.41) is 49.8. The third-order valence-corrected chi connectivity index (χ3v) is 15.0. The number of piperazine rings is 1. The van der Waals surface area contributed by atoms with Crippen molar-refractivity contribution in [3.8, 4) is 11.5 Å². The smallest absolute Gasteiger partial charge is 0.417 e. The summed E-state index contributed by atoms with van der Waals surface area (Å²) in [6.07, 6.45) is 5.42. The molecule has 1 saturated heterocycles. The van der Waals surface area contributed by atoms with Gasteiger partial charge >= 0.3 is 17.7 Å². The van der Waals surface area contributed by atoms with E-state index in [0.29, 0.717) is 30.3 Å². The number of esters is 2. The number of benzene rings is 3. The first kappa shape index (κ1) is 55.8. The van der Waals surface area contributed by atoms with Crippen LogP contribution in [-0.2, 0) is 39.9 Å². The Morgan fingerprint density at radius 2 is 1.61 bits per heavy atom. The minimum absolute atomic E-state index is 0.0131. The zero-order valence-corrected chi connectivity index (χ0v) is 44.9. The topological polar surface area (TPSA) is 270 Å². The van der Waals surface area contributed by atoms with Gasteiger partial charge < -0.3 is 58.7 Å². The van der Waals surface area contributed by atoms with Crippen molar-refractivity contribution in [3.63, 3.8) is 0 Å². The van der Waals surface area contributed by atoms with Crippen molar-refractivity contribution in [1.29, 1.82) is 0 Å². The molecule has 2 aromatic heterocycles. The zero-order valence-electron chi connectivity index (χ0n) is 44.9. The second kappa shape index (κ2) is 22.7. The molecule has 0 saturated carbocycles. The standard InChI is InChI=1S/C57H67N5O15/c1-28(2)26-61-19-21-62(22-20-61)36-24-37(63)43-39(25-36)75-52-44(59-43)40-41-48(66)34(8)51-42(40)53(68)57(9,77-51)74-23-16-38(72-10)31(5)50(76-56(71)55(70)73-27-35-14-17-58-18-15-35)33(7)47(65)32(6)46(64)29(3)12-11-13-30(4)54(69)60-45(52)49(41)67/h11-18,23-25,28-29,31-33,38,46-47,50,64-66,68H,19-22,26-27H2,1-10H3,(H,60,69)/b12-11+,23-16+,30-13-. The number of nitrogens with one attached hydrogen (secondary N) is 1. The van der Waals surface area contributed by atoms with Crippen molar-refractivity contribution in [2.75, 3.05) is 50.1 Å². The number of nitrogens with zero attached hydrogens (tertiary/aromatic N) is 4. The molecule has 0 radical (unpaired) electrons. The number of aromatic hydroxyl groups is 1. The van der Waals surface area contributed by atoms with Crippen LogP contribution in [0.5, 0.6) is 11.5 Å². The maximum atomic E-state index is 15.0. The van der Waals surface area contributed by atoms with Crippen LogP contribution in [0.4, 0.5) is 11.4 Å². The highest BCUT2D eigenvalue weighted by Crippen LogP contribution is 2.42.